The Morgan fingerprint density at radius 1 is 1.15 bits per heavy atom. The number of rotatable bonds is 5. The molecule has 0 bridgehead atoms. The lowest BCUT2D eigenvalue weighted by molar-refractivity contribution is -0.141. The van der Waals surface area contributed by atoms with Crippen molar-refractivity contribution in [3.8, 4) is 0 Å². The van der Waals surface area contributed by atoms with Crippen molar-refractivity contribution in [3.05, 3.63) is 0 Å². The Bertz CT molecular complexity index is 178. The van der Waals surface area contributed by atoms with Crippen molar-refractivity contribution in [1.82, 2.24) is 4.90 Å². The molecule has 0 saturated carbocycles. The number of carbonyl (C=O) groups excluding carboxylic acids is 2. The third-order valence-corrected chi connectivity index (χ3v) is 1.75. The Morgan fingerprint density at radius 3 is 2.15 bits per heavy atom. The summed E-state index contributed by atoms with van der Waals surface area (Å²) in [6, 6.07) is 0. The largest absolute Gasteiger partial charge is 0.469 e. The number of amides is 1. The average molecular weight is 187 g/mol. The van der Waals surface area contributed by atoms with Gasteiger partial charge in [-0.05, 0) is 12.8 Å². The highest BCUT2D eigenvalue weighted by Gasteiger charge is 2.04. The number of esters is 1. The van der Waals surface area contributed by atoms with Gasteiger partial charge in [0.1, 0.15) is 0 Å². The number of nitrogens with zero attached hydrogens (tertiary/aromatic N) is 1. The van der Waals surface area contributed by atoms with Crippen molar-refractivity contribution in [2.75, 3.05) is 21.2 Å². The number of hydrogen-bond donors (Lipinski definition) is 0. The maximum absolute atomic E-state index is 11.1. The molecule has 0 atom stereocenters. The second-order valence-electron chi connectivity index (χ2n) is 3.07. The van der Waals surface area contributed by atoms with Crippen LogP contribution in [-0.2, 0) is 14.3 Å². The predicted octanol–water partition coefficient (Wildman–Crippen LogP) is 0.808. The molecule has 0 aliphatic rings. The minimum absolute atomic E-state index is 0.102. The van der Waals surface area contributed by atoms with E-state index in [1.807, 2.05) is 0 Å². The van der Waals surface area contributed by atoms with Gasteiger partial charge < -0.3 is 9.64 Å². The highest BCUT2D eigenvalue weighted by atomic mass is 16.5. The second kappa shape index (κ2) is 6.46. The van der Waals surface area contributed by atoms with Crippen LogP contribution >= 0.6 is 0 Å². The normalized spacial score (nSPS) is 9.46. The van der Waals surface area contributed by atoms with Gasteiger partial charge in [-0.1, -0.05) is 0 Å². The summed E-state index contributed by atoms with van der Waals surface area (Å²) in [7, 11) is 4.82. The van der Waals surface area contributed by atoms with Crippen LogP contribution in [0.5, 0.6) is 0 Å². The third kappa shape index (κ3) is 6.13. The summed E-state index contributed by atoms with van der Waals surface area (Å²) < 4.78 is 4.47. The molecule has 0 fully saturated rings. The van der Waals surface area contributed by atoms with Gasteiger partial charge in [0, 0.05) is 26.9 Å². The van der Waals surface area contributed by atoms with E-state index in [1.165, 1.54) is 7.11 Å². The number of carbonyl (C=O) groups is 2. The van der Waals surface area contributed by atoms with E-state index in [2.05, 4.69) is 4.74 Å². The highest BCUT2D eigenvalue weighted by Crippen LogP contribution is 2.02. The molecule has 0 rings (SSSR count). The Balaban J connectivity index is 3.36. The molecule has 0 aromatic heterocycles. The third-order valence-electron chi connectivity index (χ3n) is 1.75. The maximum Gasteiger partial charge on any atom is 0.305 e. The molecule has 4 heteroatoms. The molecular formula is C9H17NO3. The van der Waals surface area contributed by atoms with Crippen LogP contribution in [0.1, 0.15) is 25.7 Å². The van der Waals surface area contributed by atoms with E-state index in [0.717, 1.165) is 6.42 Å². The molecule has 0 aliphatic heterocycles. The fraction of sp³-hybridized carbons (Fsp3) is 0.778. The molecule has 0 aromatic rings. The van der Waals surface area contributed by atoms with Crippen LogP contribution < -0.4 is 0 Å². The Kier molecular flexibility index (Phi) is 5.93. The lowest BCUT2D eigenvalue weighted by Crippen LogP contribution is -2.21. The Hall–Kier alpha value is -1.06. The van der Waals surface area contributed by atoms with Crippen LogP contribution in [-0.4, -0.2) is 38.0 Å². The minimum atomic E-state index is -0.211. The summed E-state index contributed by atoms with van der Waals surface area (Å²) in [6.45, 7) is 0. The fourth-order valence-electron chi connectivity index (χ4n) is 0.871. The van der Waals surface area contributed by atoms with Gasteiger partial charge in [0.05, 0.1) is 7.11 Å². The Morgan fingerprint density at radius 2 is 1.69 bits per heavy atom. The van der Waals surface area contributed by atoms with Gasteiger partial charge in [-0.25, -0.2) is 0 Å². The van der Waals surface area contributed by atoms with Crippen molar-refractivity contribution >= 4 is 11.9 Å². The molecule has 0 aliphatic carbocycles. The smallest absolute Gasteiger partial charge is 0.305 e. The fourth-order valence-corrected chi connectivity index (χ4v) is 0.871. The number of unbranched alkanes of at least 4 members (excludes halogenated alkanes) is 1. The van der Waals surface area contributed by atoms with Crippen LogP contribution in [0.15, 0.2) is 0 Å². The van der Waals surface area contributed by atoms with Crippen molar-refractivity contribution in [3.63, 3.8) is 0 Å². The molecular weight excluding hydrogens is 170 g/mol. The van der Waals surface area contributed by atoms with Gasteiger partial charge in [0.15, 0.2) is 0 Å². The summed E-state index contributed by atoms with van der Waals surface area (Å²) in [5.74, 6) is -0.109. The van der Waals surface area contributed by atoms with Crippen LogP contribution in [0.3, 0.4) is 0 Å². The molecule has 0 unspecified atom stereocenters. The molecule has 1 amide bonds. The lowest BCUT2D eigenvalue weighted by Gasteiger charge is -2.09. The van der Waals surface area contributed by atoms with E-state index in [9.17, 15) is 9.59 Å². The molecule has 13 heavy (non-hydrogen) atoms. The quantitative estimate of drug-likeness (QED) is 0.472. The minimum Gasteiger partial charge on any atom is -0.469 e. The van der Waals surface area contributed by atoms with Gasteiger partial charge in [0.2, 0.25) is 5.91 Å². The molecule has 4 nitrogen and oxygen atoms in total. The topological polar surface area (TPSA) is 46.6 Å². The predicted molar refractivity (Wildman–Crippen MR) is 49.2 cm³/mol. The first-order valence-corrected chi connectivity index (χ1v) is 4.35. The summed E-state index contributed by atoms with van der Waals surface area (Å²) in [5, 5.41) is 0. The molecule has 0 radical (unpaired) electrons. The maximum atomic E-state index is 11.1. The molecule has 0 spiro atoms. The highest BCUT2D eigenvalue weighted by molar-refractivity contribution is 5.75. The molecule has 0 aromatic carbocycles. The van der Waals surface area contributed by atoms with Crippen molar-refractivity contribution < 1.29 is 14.3 Å². The zero-order chi connectivity index (χ0) is 10.3. The number of hydrogen-bond acceptors (Lipinski definition) is 3. The standard InChI is InChI=1S/C9H17NO3/c1-10(2)8(11)6-4-5-7-9(12)13-3/h4-7H2,1-3H3. The second-order valence-corrected chi connectivity index (χ2v) is 3.07. The van der Waals surface area contributed by atoms with Crippen molar-refractivity contribution in [1.29, 1.82) is 0 Å². The zero-order valence-corrected chi connectivity index (χ0v) is 8.50. The van der Waals surface area contributed by atoms with Crippen LogP contribution in [0, 0.1) is 0 Å². The summed E-state index contributed by atoms with van der Waals surface area (Å²) >= 11 is 0. The van der Waals surface area contributed by atoms with Crippen LogP contribution in [0.4, 0.5) is 0 Å². The summed E-state index contributed by atoms with van der Waals surface area (Å²) in [5.41, 5.74) is 0. The first-order valence-electron chi connectivity index (χ1n) is 4.35. The lowest BCUT2D eigenvalue weighted by atomic mass is 10.2. The summed E-state index contributed by atoms with van der Waals surface area (Å²) in [4.78, 5) is 23.3. The van der Waals surface area contributed by atoms with E-state index in [4.69, 9.17) is 0 Å². The number of methoxy groups -OCH3 is 1. The molecule has 0 saturated heterocycles. The van der Waals surface area contributed by atoms with E-state index in [0.29, 0.717) is 19.3 Å². The number of ether oxygens (including phenoxy) is 1. The van der Waals surface area contributed by atoms with Gasteiger partial charge in [-0.2, -0.15) is 0 Å². The van der Waals surface area contributed by atoms with Crippen molar-refractivity contribution in [2.45, 2.75) is 25.7 Å². The van der Waals surface area contributed by atoms with E-state index in [1.54, 1.807) is 19.0 Å². The van der Waals surface area contributed by atoms with Gasteiger partial charge >= 0.3 is 5.97 Å². The van der Waals surface area contributed by atoms with Crippen LogP contribution in [0.25, 0.3) is 0 Å². The van der Waals surface area contributed by atoms with Crippen LogP contribution in [0.2, 0.25) is 0 Å². The zero-order valence-electron chi connectivity index (χ0n) is 8.50. The van der Waals surface area contributed by atoms with E-state index < -0.39 is 0 Å². The van der Waals surface area contributed by atoms with E-state index in [-0.39, 0.29) is 11.9 Å². The SMILES string of the molecule is COC(=O)CCCCC(=O)N(C)C. The first-order chi connectivity index (χ1) is 6.07. The monoisotopic (exact) mass is 187 g/mol. The Labute approximate surface area is 78.9 Å². The molecule has 0 N–H and O–H groups in total. The van der Waals surface area contributed by atoms with Gasteiger partial charge in [-0.15, -0.1) is 0 Å². The van der Waals surface area contributed by atoms with Crippen molar-refractivity contribution in [2.24, 2.45) is 0 Å². The molecule has 76 valence electrons. The van der Waals surface area contributed by atoms with Gasteiger partial charge in [-0.3, -0.25) is 9.59 Å². The summed E-state index contributed by atoms with van der Waals surface area (Å²) in [6.07, 6.45) is 2.36. The van der Waals surface area contributed by atoms with E-state index >= 15 is 0 Å². The first kappa shape index (κ1) is 11.9. The average Bonchev–Trinajstić information content (AvgIpc) is 2.11. The van der Waals surface area contributed by atoms with Gasteiger partial charge in [0.25, 0.3) is 0 Å². The molecule has 0 heterocycles.